The van der Waals surface area contributed by atoms with Crippen molar-refractivity contribution < 1.29 is 61.8 Å². The van der Waals surface area contributed by atoms with E-state index in [1.54, 1.807) is 66.9 Å². The fraction of sp³-hybridized carbons (Fsp3) is 0.378. The molecular formula is C90H96F2N20O11. The van der Waals surface area contributed by atoms with Crippen LogP contribution in [0, 0.1) is 11.6 Å². The monoisotopic (exact) mass is 1670 g/mol. The number of unbranched alkanes of at least 4 members (excludes halogenated alkanes) is 6. The zero-order valence-corrected chi connectivity index (χ0v) is 68.0. The molecule has 6 saturated heterocycles. The molecule has 6 aromatic heterocycles. The van der Waals surface area contributed by atoms with E-state index in [-0.39, 0.29) is 84.0 Å². The number of halogens is 2. The molecule has 8 aliphatic rings. The zero-order chi connectivity index (χ0) is 85.2. The third-order valence-electron chi connectivity index (χ3n) is 23.8. The Kier molecular flexibility index (Phi) is 25.5. The van der Waals surface area contributed by atoms with Gasteiger partial charge in [-0.25, -0.2) is 37.7 Å². The molecule has 6 fully saturated rings. The highest BCUT2D eigenvalue weighted by Gasteiger charge is 2.47. The van der Waals surface area contributed by atoms with Gasteiger partial charge in [-0.15, -0.1) is 10.2 Å². The summed E-state index contributed by atoms with van der Waals surface area (Å²) in [5.41, 5.74) is 9.08. The molecule has 0 bridgehead atoms. The number of carbonyl (C=O) groups excluding carboxylic acids is 9. The van der Waals surface area contributed by atoms with Crippen LogP contribution in [0.15, 0.2) is 158 Å². The molecule has 0 radical (unpaired) electrons. The molecule has 31 nitrogen and oxygen atoms in total. The Morgan fingerprint density at radius 2 is 0.886 bits per heavy atom. The first-order valence-corrected chi connectivity index (χ1v) is 42.4. The predicted molar refractivity (Wildman–Crippen MR) is 455 cm³/mol. The van der Waals surface area contributed by atoms with Crippen LogP contribution in [0.3, 0.4) is 0 Å². The number of imidazole rings is 2. The van der Waals surface area contributed by atoms with Crippen LogP contribution in [0.4, 0.5) is 43.4 Å². The molecule has 6 N–H and O–H groups in total. The predicted octanol–water partition coefficient (Wildman–Crippen LogP) is 10.6. The minimum Gasteiger partial charge on any atom is -0.481 e. The fourth-order valence-corrected chi connectivity index (χ4v) is 17.4. The number of benzene rings is 4. The van der Waals surface area contributed by atoms with E-state index < -0.39 is 65.3 Å². The molecule has 636 valence electrons. The van der Waals surface area contributed by atoms with E-state index in [4.69, 9.17) is 25.3 Å². The van der Waals surface area contributed by atoms with Crippen molar-refractivity contribution in [3.05, 3.63) is 203 Å². The van der Waals surface area contributed by atoms with Crippen molar-refractivity contribution in [2.45, 2.75) is 140 Å². The number of anilines is 6. The van der Waals surface area contributed by atoms with Crippen LogP contribution in [-0.4, -0.2) is 209 Å². The molecule has 0 spiro atoms. The lowest BCUT2D eigenvalue weighted by Crippen LogP contribution is -2.54. The summed E-state index contributed by atoms with van der Waals surface area (Å²) in [5, 5.41) is 32.8. The average molecular weight is 1670 g/mol. The first kappa shape index (κ1) is 83.2. The molecular weight excluding hydrogens is 1580 g/mol. The van der Waals surface area contributed by atoms with Gasteiger partial charge in [-0.1, -0.05) is 62.1 Å². The second kappa shape index (κ2) is 37.7. The average Bonchev–Trinajstić information content (AvgIpc) is 1.61. The highest BCUT2D eigenvalue weighted by atomic mass is 19.1. The molecule has 2 unspecified atom stereocenters. The largest absolute Gasteiger partial charge is 0.481 e. The van der Waals surface area contributed by atoms with Gasteiger partial charge in [0.1, 0.15) is 58.4 Å². The van der Waals surface area contributed by atoms with Crippen molar-refractivity contribution >= 4 is 105 Å². The molecule has 4 atom stereocenters. The number of rotatable bonds is 26. The first-order valence-electron chi connectivity index (χ1n) is 42.4. The van der Waals surface area contributed by atoms with E-state index in [0.717, 1.165) is 183 Å². The number of carbonyl (C=O) groups is 10. The summed E-state index contributed by atoms with van der Waals surface area (Å²) in [7, 11) is 0. The smallest absolute Gasteiger partial charge is 0.303 e. The Morgan fingerprint density at radius 3 is 1.35 bits per heavy atom. The summed E-state index contributed by atoms with van der Waals surface area (Å²) >= 11 is 0. The topological polar surface area (TPSA) is 360 Å². The van der Waals surface area contributed by atoms with Crippen LogP contribution in [0.5, 0.6) is 0 Å². The number of hydrogen-bond acceptors (Lipinski definition) is 23. The van der Waals surface area contributed by atoms with Crippen LogP contribution in [-0.2, 0) is 28.8 Å². The Balaban J connectivity index is 0.000000151. The number of carboxylic acid groups (broad SMARTS) is 1. The Hall–Kier alpha value is -13.5. The minimum atomic E-state index is -0.992. The molecule has 10 aromatic rings. The standard InChI is InChI=1S/C45H47FN10O5.C25H26FN7.C20H23N3O6/c46-30-9-5-8-29(26-30)35-11-7-21-54(35)40-18-17-38-48-28-37(56(38)51-40)34-10-6-12-39(49-34)52-22-24-53(25-23-52)42(58)13-3-1-2-4-20-47-31-14-15-32-33(27-31)45(61)55(44(32)60)36-16-19-41(57)50-43(36)59;26-19-5-1-4-18(16-19)21-7-3-13-32(21)25-10-9-23-28-17-22(33(23)30-25)20-6-2-8-24(29-20)31-14-11-27-12-15-31;24-16-9-8-15(18(27)22-16)23-19(28)13-7-6-12(11-14(13)20(23)29)21-10-4-2-1-3-5-17(25)26/h5-6,8-10,12,14-15,17-18,26-28,35-36,47H,1-4,7,11,13,16,19-25H2,(H,50,57,59);1-2,4-6,8-10,16-17,21,27H,3,7,11-15H2;6-7,11,15,21H,1-5,8-10H2,(H,25,26)(H,22,24,27)/t35-,36?;21-;/m11./s1. The molecule has 33 heteroatoms. The molecule has 123 heavy (non-hydrogen) atoms. The number of imide groups is 4. The molecule has 0 aliphatic carbocycles. The van der Waals surface area contributed by atoms with Gasteiger partial charge in [0.25, 0.3) is 23.6 Å². The first-order chi connectivity index (χ1) is 59.9. The number of fused-ring (bicyclic) bond motifs is 4. The lowest BCUT2D eigenvalue weighted by atomic mass is 10.0. The summed E-state index contributed by atoms with van der Waals surface area (Å²) in [6.07, 6.45) is 15.4. The summed E-state index contributed by atoms with van der Waals surface area (Å²) in [4.78, 5) is 154. The lowest BCUT2D eigenvalue weighted by Gasteiger charge is -2.35. The van der Waals surface area contributed by atoms with E-state index in [2.05, 4.69) is 62.2 Å². The van der Waals surface area contributed by atoms with Gasteiger partial charge in [0.05, 0.1) is 58.1 Å². The number of nitrogens with zero attached hydrogens (tertiary/aromatic N) is 15. The van der Waals surface area contributed by atoms with Crippen molar-refractivity contribution in [1.82, 2.24) is 69.8 Å². The maximum atomic E-state index is 14.1. The Bertz CT molecular complexity index is 5690. The van der Waals surface area contributed by atoms with E-state index >= 15 is 0 Å². The third-order valence-corrected chi connectivity index (χ3v) is 23.8. The van der Waals surface area contributed by atoms with E-state index in [1.807, 2.05) is 86.9 Å². The van der Waals surface area contributed by atoms with Crippen molar-refractivity contribution in [1.29, 1.82) is 0 Å². The van der Waals surface area contributed by atoms with Crippen LogP contribution in [0.2, 0.25) is 0 Å². The maximum Gasteiger partial charge on any atom is 0.303 e. The van der Waals surface area contributed by atoms with Crippen molar-refractivity contribution in [3.8, 4) is 22.8 Å². The number of amides is 9. The lowest BCUT2D eigenvalue weighted by molar-refractivity contribution is -0.138. The number of piperazine rings is 2. The van der Waals surface area contributed by atoms with E-state index in [0.29, 0.717) is 69.1 Å². The van der Waals surface area contributed by atoms with Crippen molar-refractivity contribution in [2.75, 3.05) is 109 Å². The second-order valence-electron chi connectivity index (χ2n) is 31.9. The van der Waals surface area contributed by atoms with Gasteiger partial charge < -0.3 is 45.6 Å². The number of carboxylic acids is 1. The number of nitrogens with one attached hydrogen (secondary N) is 5. The summed E-state index contributed by atoms with van der Waals surface area (Å²) in [6.45, 7) is 9.47. The van der Waals surface area contributed by atoms with Gasteiger partial charge in [-0.3, -0.25) is 68.4 Å². The van der Waals surface area contributed by atoms with Gasteiger partial charge in [0, 0.05) is 116 Å². The van der Waals surface area contributed by atoms with Gasteiger partial charge in [-0.05, 0) is 185 Å². The summed E-state index contributed by atoms with van der Waals surface area (Å²) < 4.78 is 31.7. The van der Waals surface area contributed by atoms with Crippen molar-refractivity contribution in [3.63, 3.8) is 0 Å². The summed E-state index contributed by atoms with van der Waals surface area (Å²) in [5.74, 6) is -1.75. The highest BCUT2D eigenvalue weighted by Crippen LogP contribution is 2.39. The molecule has 4 aromatic carbocycles. The van der Waals surface area contributed by atoms with Gasteiger partial charge >= 0.3 is 5.97 Å². The SMILES string of the molecule is Fc1cccc([C@H]2CCCN2c2ccc3ncc(-c4cccc(N5CCNCC5)n4)n3n2)c1.O=C(O)CCCCCCNc1ccc2c(c1)C(=O)N(C1CCC(=O)NC1=O)C2=O.O=C1CCC(N2C(=O)c3ccc(NCCCCCCC(=O)N4CCN(c5cccc(-c6cnc7ccc(N8CCC[C@@H]8c8cccc(F)c8)nn67)n5)CC4)cc3C2=O)C(=O)N1. The fourth-order valence-electron chi connectivity index (χ4n) is 17.4. The normalized spacial score (nSPS) is 19.0. The van der Waals surface area contributed by atoms with E-state index in [9.17, 15) is 56.7 Å². The van der Waals surface area contributed by atoms with Crippen LogP contribution in [0.25, 0.3) is 34.1 Å². The van der Waals surface area contributed by atoms with E-state index in [1.165, 1.54) is 12.1 Å². The number of pyridine rings is 2. The van der Waals surface area contributed by atoms with Crippen LogP contribution < -0.4 is 46.2 Å². The van der Waals surface area contributed by atoms with Gasteiger partial charge in [-0.2, -0.15) is 0 Å². The minimum absolute atomic E-state index is 0.0486. The number of piperidine rings is 2. The number of aliphatic carboxylic acids is 1. The Morgan fingerprint density at radius 1 is 0.439 bits per heavy atom. The summed E-state index contributed by atoms with van der Waals surface area (Å²) in [6, 6.07) is 41.8. The quantitative estimate of drug-likeness (QED) is 0.0217. The number of aromatic nitrogens is 8. The highest BCUT2D eigenvalue weighted by molar-refractivity contribution is 6.25. The molecule has 18 rings (SSSR count). The van der Waals surface area contributed by atoms with Crippen LogP contribution in [0.1, 0.15) is 180 Å². The molecule has 9 amide bonds. The second-order valence-corrected chi connectivity index (χ2v) is 31.9. The van der Waals surface area contributed by atoms with Gasteiger partial charge in [0.15, 0.2) is 11.3 Å². The van der Waals surface area contributed by atoms with Crippen molar-refractivity contribution in [2.24, 2.45) is 0 Å². The zero-order valence-electron chi connectivity index (χ0n) is 68.0. The van der Waals surface area contributed by atoms with Gasteiger partial charge in [0.2, 0.25) is 29.5 Å². The van der Waals surface area contributed by atoms with Crippen LogP contribution >= 0.6 is 0 Å². The number of hydrogen-bond donors (Lipinski definition) is 6. The molecule has 8 aliphatic heterocycles. The third kappa shape index (κ3) is 18.7. The molecule has 14 heterocycles. The molecule has 0 saturated carbocycles. The Labute approximate surface area is 707 Å². The maximum absolute atomic E-state index is 14.1.